The number of nitrogens with zero attached hydrogens (tertiary/aromatic N) is 1. The van der Waals surface area contributed by atoms with Gasteiger partial charge in [-0.2, -0.15) is 0 Å². The van der Waals surface area contributed by atoms with Gasteiger partial charge in [0, 0.05) is 4.88 Å². The first-order valence-electron chi connectivity index (χ1n) is 7.89. The van der Waals surface area contributed by atoms with Crippen molar-refractivity contribution >= 4 is 22.1 Å². The predicted octanol–water partition coefficient (Wildman–Crippen LogP) is 5.18. The van der Waals surface area contributed by atoms with Crippen LogP contribution >= 0.6 is 11.3 Å². The van der Waals surface area contributed by atoms with E-state index in [2.05, 4.69) is 79.0 Å². The number of benzene rings is 2. The molecule has 0 saturated carbocycles. The number of thiophene rings is 1. The van der Waals surface area contributed by atoms with Crippen molar-refractivity contribution in [1.82, 2.24) is 4.90 Å². The number of fused-ring (bicyclic) bond motifs is 1. The van der Waals surface area contributed by atoms with Crippen LogP contribution in [-0.2, 0) is 6.42 Å². The maximum absolute atomic E-state index is 2.29. The van der Waals surface area contributed by atoms with Crippen LogP contribution in [0.4, 0.5) is 0 Å². The van der Waals surface area contributed by atoms with Gasteiger partial charge in [0.25, 0.3) is 0 Å². The molecular formula is C20H23NS. The van der Waals surface area contributed by atoms with Gasteiger partial charge in [-0.1, -0.05) is 48.5 Å². The molecule has 2 aromatic carbocycles. The van der Waals surface area contributed by atoms with Gasteiger partial charge in [-0.3, -0.25) is 0 Å². The molecule has 2 heteroatoms. The highest BCUT2D eigenvalue weighted by Gasteiger charge is 2.15. The Bertz CT molecular complexity index is 710. The van der Waals surface area contributed by atoms with Crippen LogP contribution in [0.5, 0.6) is 0 Å². The zero-order valence-corrected chi connectivity index (χ0v) is 14.1. The molecule has 0 spiro atoms. The van der Waals surface area contributed by atoms with Gasteiger partial charge in [0.1, 0.15) is 0 Å². The molecule has 1 nitrogen and oxygen atoms in total. The Balaban J connectivity index is 1.88. The zero-order chi connectivity index (χ0) is 15.4. The van der Waals surface area contributed by atoms with E-state index in [9.17, 15) is 0 Å². The second-order valence-corrected chi connectivity index (χ2v) is 7.13. The Labute approximate surface area is 137 Å². The highest BCUT2D eigenvalue weighted by molar-refractivity contribution is 7.10. The Morgan fingerprint density at radius 2 is 1.77 bits per heavy atom. The van der Waals surface area contributed by atoms with Crippen molar-refractivity contribution in [3.8, 4) is 0 Å². The smallest absolute Gasteiger partial charge is 0.00799 e. The fourth-order valence-corrected chi connectivity index (χ4v) is 3.88. The average molecular weight is 309 g/mol. The third kappa shape index (κ3) is 3.57. The van der Waals surface area contributed by atoms with E-state index in [1.807, 2.05) is 11.3 Å². The lowest BCUT2D eigenvalue weighted by Crippen LogP contribution is -2.16. The average Bonchev–Trinajstić information content (AvgIpc) is 3.05. The van der Waals surface area contributed by atoms with Crippen LogP contribution in [0.25, 0.3) is 10.8 Å². The number of rotatable bonds is 6. The van der Waals surface area contributed by atoms with Gasteiger partial charge in [0.05, 0.1) is 0 Å². The van der Waals surface area contributed by atoms with Gasteiger partial charge >= 0.3 is 0 Å². The molecule has 0 saturated heterocycles. The van der Waals surface area contributed by atoms with Crippen molar-refractivity contribution in [3.05, 3.63) is 70.4 Å². The molecule has 0 N–H and O–H groups in total. The lowest BCUT2D eigenvalue weighted by atomic mass is 9.91. The Kier molecular flexibility index (Phi) is 4.91. The fraction of sp³-hybridized carbons (Fsp3) is 0.300. The van der Waals surface area contributed by atoms with Crippen LogP contribution in [0.2, 0.25) is 0 Å². The van der Waals surface area contributed by atoms with Crippen molar-refractivity contribution in [1.29, 1.82) is 0 Å². The van der Waals surface area contributed by atoms with Crippen molar-refractivity contribution in [2.75, 3.05) is 20.6 Å². The topological polar surface area (TPSA) is 3.24 Å². The van der Waals surface area contributed by atoms with Crippen molar-refractivity contribution in [2.45, 2.75) is 18.8 Å². The maximum atomic E-state index is 2.29. The van der Waals surface area contributed by atoms with Crippen LogP contribution in [-0.4, -0.2) is 25.5 Å². The third-order valence-electron chi connectivity index (χ3n) is 4.22. The minimum absolute atomic E-state index is 0.605. The molecule has 0 bridgehead atoms. The van der Waals surface area contributed by atoms with Gasteiger partial charge in [-0.05, 0) is 67.2 Å². The summed E-state index contributed by atoms with van der Waals surface area (Å²) in [6.07, 6.45) is 2.33. The molecule has 22 heavy (non-hydrogen) atoms. The van der Waals surface area contributed by atoms with Gasteiger partial charge < -0.3 is 4.90 Å². The molecular weight excluding hydrogens is 286 g/mol. The summed E-state index contributed by atoms with van der Waals surface area (Å²) in [6.45, 7) is 1.13. The molecule has 0 aliphatic rings. The molecule has 0 unspecified atom stereocenters. The standard InChI is InChI=1S/C20H23NS/c1-21(2)13-12-18(20-11-6-14-22-20)15-17-9-5-8-16-7-3-4-10-19(16)17/h3-11,14,18H,12-13,15H2,1-2H3/t18-/m1/s1. The zero-order valence-electron chi connectivity index (χ0n) is 13.3. The summed E-state index contributed by atoms with van der Waals surface area (Å²) in [5.41, 5.74) is 1.47. The molecule has 1 heterocycles. The molecule has 3 aromatic rings. The third-order valence-corrected chi connectivity index (χ3v) is 5.25. The number of hydrogen-bond donors (Lipinski definition) is 0. The lowest BCUT2D eigenvalue weighted by molar-refractivity contribution is 0.381. The van der Waals surface area contributed by atoms with Crippen molar-refractivity contribution < 1.29 is 0 Å². The molecule has 0 fully saturated rings. The summed E-state index contributed by atoms with van der Waals surface area (Å²) in [5.74, 6) is 0.605. The van der Waals surface area contributed by atoms with Crippen LogP contribution in [0.15, 0.2) is 60.0 Å². The van der Waals surface area contributed by atoms with Gasteiger partial charge in [-0.15, -0.1) is 11.3 Å². The SMILES string of the molecule is CN(C)CC[C@H](Cc1cccc2ccccc12)c1cccs1. The van der Waals surface area contributed by atoms with Crippen LogP contribution in [0.3, 0.4) is 0 Å². The van der Waals surface area contributed by atoms with E-state index < -0.39 is 0 Å². The minimum Gasteiger partial charge on any atom is -0.309 e. The van der Waals surface area contributed by atoms with Crippen molar-refractivity contribution in [3.63, 3.8) is 0 Å². The highest BCUT2D eigenvalue weighted by atomic mass is 32.1. The molecule has 0 aliphatic carbocycles. The first kappa shape index (κ1) is 15.3. The van der Waals surface area contributed by atoms with E-state index >= 15 is 0 Å². The van der Waals surface area contributed by atoms with Crippen molar-refractivity contribution in [2.24, 2.45) is 0 Å². The molecule has 0 radical (unpaired) electrons. The second-order valence-electron chi connectivity index (χ2n) is 6.15. The molecule has 0 aliphatic heterocycles. The molecule has 114 valence electrons. The highest BCUT2D eigenvalue weighted by Crippen LogP contribution is 2.30. The summed E-state index contributed by atoms with van der Waals surface area (Å²) in [7, 11) is 4.31. The Morgan fingerprint density at radius 3 is 2.55 bits per heavy atom. The van der Waals surface area contributed by atoms with Gasteiger partial charge in [0.15, 0.2) is 0 Å². The molecule has 1 aromatic heterocycles. The number of hydrogen-bond acceptors (Lipinski definition) is 2. The van der Waals surface area contributed by atoms with E-state index in [4.69, 9.17) is 0 Å². The Morgan fingerprint density at radius 1 is 0.955 bits per heavy atom. The Hall–Kier alpha value is -1.64. The fourth-order valence-electron chi connectivity index (χ4n) is 3.02. The summed E-state index contributed by atoms with van der Waals surface area (Å²) in [6, 6.07) is 19.9. The minimum atomic E-state index is 0.605. The summed E-state index contributed by atoms with van der Waals surface area (Å²) >= 11 is 1.89. The van der Waals surface area contributed by atoms with E-state index in [0.29, 0.717) is 5.92 Å². The lowest BCUT2D eigenvalue weighted by Gasteiger charge is -2.19. The second kappa shape index (κ2) is 7.08. The molecule has 0 amide bonds. The van der Waals surface area contributed by atoms with Crippen LogP contribution < -0.4 is 0 Å². The van der Waals surface area contributed by atoms with E-state index in [1.54, 1.807) is 0 Å². The van der Waals surface area contributed by atoms with Gasteiger partial charge in [-0.25, -0.2) is 0 Å². The van der Waals surface area contributed by atoms with Crippen LogP contribution in [0.1, 0.15) is 22.8 Å². The summed E-state index contributed by atoms with van der Waals surface area (Å²) in [4.78, 5) is 3.79. The monoisotopic (exact) mass is 309 g/mol. The first-order chi connectivity index (χ1) is 10.7. The van der Waals surface area contributed by atoms with E-state index in [-0.39, 0.29) is 0 Å². The predicted molar refractivity (Wildman–Crippen MR) is 97.9 cm³/mol. The van der Waals surface area contributed by atoms with E-state index in [0.717, 1.165) is 13.0 Å². The summed E-state index contributed by atoms with van der Waals surface area (Å²) in [5, 5.41) is 4.94. The molecule has 1 atom stereocenters. The van der Waals surface area contributed by atoms with Gasteiger partial charge in [0.2, 0.25) is 0 Å². The normalized spacial score (nSPS) is 12.9. The maximum Gasteiger partial charge on any atom is 0.00799 e. The summed E-state index contributed by atoms with van der Waals surface area (Å²) < 4.78 is 0. The van der Waals surface area contributed by atoms with E-state index in [1.165, 1.54) is 27.6 Å². The first-order valence-corrected chi connectivity index (χ1v) is 8.77. The quantitative estimate of drug-likeness (QED) is 0.606. The van der Waals surface area contributed by atoms with Crippen LogP contribution in [0, 0.1) is 0 Å². The molecule has 3 rings (SSSR count). The largest absolute Gasteiger partial charge is 0.309 e.